The van der Waals surface area contributed by atoms with Gasteiger partial charge in [0.25, 0.3) is 0 Å². The SMILES string of the molecule is CCCCCCCCCCCCCCCCN(C)CCCCCCCCCCCCCCCC.O=S(=O)(O)C(F)(F)F.O=S(=O)([O-])C(F)(F)F.[H+]. The molecule has 7 nitrogen and oxygen atoms in total. The minimum absolute atomic E-state index is 0. The summed E-state index contributed by atoms with van der Waals surface area (Å²) in [6.07, 6.45) is 40.8. The number of alkyl halides is 6. The zero-order valence-corrected chi connectivity index (χ0v) is 32.9. The molecule has 0 saturated carbocycles. The molecule has 1 N–H and O–H groups in total. The Bertz CT molecular complexity index is 866. The zero-order chi connectivity index (χ0) is 38.8. The van der Waals surface area contributed by atoms with Gasteiger partial charge in [-0.25, -0.2) is 8.42 Å². The van der Waals surface area contributed by atoms with Crippen LogP contribution in [0.1, 0.15) is 195 Å². The van der Waals surface area contributed by atoms with Crippen molar-refractivity contribution < 1.29 is 53.7 Å². The maximum atomic E-state index is 10.7. The molecule has 0 unspecified atom stereocenters. The Morgan fingerprint density at radius 1 is 0.460 bits per heavy atom. The van der Waals surface area contributed by atoms with Crippen LogP contribution < -0.4 is 0 Å². The highest BCUT2D eigenvalue weighted by Crippen LogP contribution is 2.21. The molecular formula is C35H71F6NO6S2. The first-order chi connectivity index (χ1) is 23.3. The van der Waals surface area contributed by atoms with Crippen molar-refractivity contribution in [3.05, 3.63) is 0 Å². The van der Waals surface area contributed by atoms with Gasteiger partial charge in [-0.3, -0.25) is 4.55 Å². The minimum atomic E-state index is -6.09. The van der Waals surface area contributed by atoms with Crippen LogP contribution in [0.2, 0.25) is 0 Å². The van der Waals surface area contributed by atoms with Crippen molar-refractivity contribution in [3.8, 4) is 0 Å². The van der Waals surface area contributed by atoms with Gasteiger partial charge in [0.05, 0.1) is 0 Å². The fraction of sp³-hybridized carbons (Fsp3) is 1.00. The van der Waals surface area contributed by atoms with Crippen molar-refractivity contribution in [1.82, 2.24) is 4.90 Å². The van der Waals surface area contributed by atoms with Crippen molar-refractivity contribution in [2.75, 3.05) is 20.1 Å². The Labute approximate surface area is 303 Å². The van der Waals surface area contributed by atoms with Crippen LogP contribution in [-0.4, -0.2) is 62.0 Å². The van der Waals surface area contributed by atoms with E-state index in [0.29, 0.717) is 0 Å². The third-order valence-electron chi connectivity index (χ3n) is 8.36. The molecule has 0 aliphatic heterocycles. The number of rotatable bonds is 30. The molecule has 0 fully saturated rings. The summed E-state index contributed by atoms with van der Waals surface area (Å²) < 4.78 is 116. The lowest BCUT2D eigenvalue weighted by molar-refractivity contribution is -0.0519. The number of hydrogen-bond acceptors (Lipinski definition) is 6. The maximum absolute atomic E-state index is 10.7. The van der Waals surface area contributed by atoms with Crippen LogP contribution in [0.25, 0.3) is 0 Å². The summed E-state index contributed by atoms with van der Waals surface area (Å²) in [4.78, 5) is 2.58. The Morgan fingerprint density at radius 3 is 0.760 bits per heavy atom. The normalized spacial score (nSPS) is 12.4. The molecule has 0 aliphatic rings. The van der Waals surface area contributed by atoms with E-state index in [-0.39, 0.29) is 1.43 Å². The third kappa shape index (κ3) is 41.8. The number of hydrogen-bond donors (Lipinski definition) is 1. The summed E-state index contributed by atoms with van der Waals surface area (Å²) in [5.74, 6) is 0. The summed E-state index contributed by atoms with van der Waals surface area (Å²) in [5.41, 5.74) is -11.2. The molecule has 0 aromatic heterocycles. The van der Waals surface area contributed by atoms with Crippen LogP contribution in [0.4, 0.5) is 26.3 Å². The second kappa shape index (κ2) is 34.1. The smallest absolute Gasteiger partial charge is 0.741 e. The van der Waals surface area contributed by atoms with E-state index < -0.39 is 31.3 Å². The molecule has 0 amide bonds. The minimum Gasteiger partial charge on any atom is -0.741 e. The molecular weight excluding hydrogens is 709 g/mol. The van der Waals surface area contributed by atoms with Crippen molar-refractivity contribution in [1.29, 1.82) is 0 Å². The van der Waals surface area contributed by atoms with Gasteiger partial charge in [0.2, 0.25) is 0 Å². The van der Waals surface area contributed by atoms with E-state index in [0.717, 1.165) is 0 Å². The molecule has 0 aromatic carbocycles. The fourth-order valence-electron chi connectivity index (χ4n) is 5.26. The number of halogens is 6. The lowest BCUT2D eigenvalue weighted by Gasteiger charge is -2.16. The molecule has 0 bridgehead atoms. The second-order valence-corrected chi connectivity index (χ2v) is 16.1. The predicted molar refractivity (Wildman–Crippen MR) is 193 cm³/mol. The van der Waals surface area contributed by atoms with Gasteiger partial charge in [0, 0.05) is 0 Å². The van der Waals surface area contributed by atoms with E-state index in [4.69, 9.17) is 25.9 Å². The first-order valence-corrected chi connectivity index (χ1v) is 21.9. The lowest BCUT2D eigenvalue weighted by Crippen LogP contribution is -2.21. The maximum Gasteiger partial charge on any atom is 1.00 e. The zero-order valence-electron chi connectivity index (χ0n) is 32.2. The summed E-state index contributed by atoms with van der Waals surface area (Å²) in [6, 6.07) is 0. The summed E-state index contributed by atoms with van der Waals surface area (Å²) in [6.45, 7) is 7.24. The van der Waals surface area contributed by atoms with Crippen LogP contribution in [0, 0.1) is 0 Å². The second-order valence-electron chi connectivity index (χ2n) is 13.3. The molecule has 0 rings (SSSR count). The molecule has 0 aromatic rings. The molecule has 0 heterocycles. The van der Waals surface area contributed by atoms with Gasteiger partial charge >= 0.3 is 22.6 Å². The molecule has 15 heteroatoms. The average Bonchev–Trinajstić information content (AvgIpc) is 3.00. The molecule has 0 spiro atoms. The van der Waals surface area contributed by atoms with Gasteiger partial charge in [-0.05, 0) is 33.0 Å². The highest BCUT2D eigenvalue weighted by molar-refractivity contribution is 7.86. The van der Waals surface area contributed by atoms with Gasteiger partial charge in [-0.2, -0.15) is 34.8 Å². The van der Waals surface area contributed by atoms with Crippen molar-refractivity contribution in [3.63, 3.8) is 0 Å². The predicted octanol–water partition coefficient (Wildman–Crippen LogP) is 12.4. The third-order valence-corrected chi connectivity index (χ3v) is 9.51. The highest BCUT2D eigenvalue weighted by Gasteiger charge is 2.44. The van der Waals surface area contributed by atoms with E-state index in [1.54, 1.807) is 0 Å². The highest BCUT2D eigenvalue weighted by atomic mass is 32.2. The van der Waals surface area contributed by atoms with E-state index in [9.17, 15) is 26.3 Å². The van der Waals surface area contributed by atoms with Crippen molar-refractivity contribution in [2.45, 2.75) is 205 Å². The Morgan fingerprint density at radius 2 is 0.620 bits per heavy atom. The molecule has 0 aliphatic carbocycles. The van der Waals surface area contributed by atoms with E-state index in [1.807, 2.05) is 0 Å². The van der Waals surface area contributed by atoms with Crippen LogP contribution in [0.5, 0.6) is 0 Å². The van der Waals surface area contributed by atoms with Crippen LogP contribution in [0.15, 0.2) is 0 Å². The van der Waals surface area contributed by atoms with Gasteiger partial charge in [-0.15, -0.1) is 0 Å². The molecule has 306 valence electrons. The topological polar surface area (TPSA) is 115 Å². The first-order valence-electron chi connectivity index (χ1n) is 19.1. The Balaban J connectivity index is -0.000000533. The first kappa shape index (κ1) is 53.7. The molecule has 0 saturated heterocycles. The van der Waals surface area contributed by atoms with Crippen LogP contribution in [0.3, 0.4) is 0 Å². The largest absolute Gasteiger partial charge is 1.00 e. The van der Waals surface area contributed by atoms with E-state index in [2.05, 4.69) is 25.8 Å². The molecule has 0 radical (unpaired) electrons. The van der Waals surface area contributed by atoms with Gasteiger partial charge < -0.3 is 9.45 Å². The number of unbranched alkanes of at least 4 members (excludes halogenated alkanes) is 26. The van der Waals surface area contributed by atoms with Crippen molar-refractivity contribution in [2.24, 2.45) is 0 Å². The monoisotopic (exact) mass is 779 g/mol. The van der Waals surface area contributed by atoms with Crippen LogP contribution in [-0.2, 0) is 20.2 Å². The molecule has 50 heavy (non-hydrogen) atoms. The van der Waals surface area contributed by atoms with Gasteiger partial charge in [-0.1, -0.05) is 181 Å². The van der Waals surface area contributed by atoms with E-state index >= 15 is 0 Å². The Hall–Kier alpha value is -0.640. The van der Waals surface area contributed by atoms with Crippen molar-refractivity contribution >= 4 is 20.2 Å². The van der Waals surface area contributed by atoms with Crippen LogP contribution >= 0.6 is 0 Å². The van der Waals surface area contributed by atoms with Gasteiger partial charge in [0.15, 0.2) is 10.1 Å². The molecule has 0 atom stereocenters. The fourth-order valence-corrected chi connectivity index (χ4v) is 5.26. The number of nitrogens with zero attached hydrogens (tertiary/aromatic N) is 1. The Kier molecular flexibility index (Phi) is 36.7. The van der Waals surface area contributed by atoms with E-state index in [1.165, 1.54) is 193 Å². The summed E-state index contributed by atoms with van der Waals surface area (Å²) in [5, 5.41) is 0. The quantitative estimate of drug-likeness (QED) is 0.0334. The standard InChI is InChI=1S/C33H69N.2CHF3O3S/c1-4-6-8-10-12-14-16-18-20-22-24-26-28-30-32-34(3)33-31-29-27-25-23-21-19-17-15-13-11-9-7-5-2;2*2-1(3,4)8(5,6)7/h4-33H2,1-3H3;2*(H,5,6,7). The average molecular weight is 780 g/mol. The van der Waals surface area contributed by atoms with Gasteiger partial charge in [0.1, 0.15) is 0 Å². The lowest BCUT2D eigenvalue weighted by atomic mass is 10.0. The summed E-state index contributed by atoms with van der Waals surface area (Å²) in [7, 11) is -9.59. The summed E-state index contributed by atoms with van der Waals surface area (Å²) >= 11 is 0.